The van der Waals surface area contributed by atoms with Crippen molar-refractivity contribution in [1.29, 1.82) is 0 Å². The molecule has 0 amide bonds. The molecule has 0 aliphatic carbocycles. The molecule has 2 rings (SSSR count). The van der Waals surface area contributed by atoms with Gasteiger partial charge in [-0.2, -0.15) is 5.10 Å². The molecule has 90 valence electrons. The predicted molar refractivity (Wildman–Crippen MR) is 66.5 cm³/mol. The first-order valence-electron chi connectivity index (χ1n) is 6.04. The number of anilines is 1. The molecule has 0 radical (unpaired) electrons. The fourth-order valence-electron chi connectivity index (χ4n) is 2.35. The lowest BCUT2D eigenvalue weighted by atomic mass is 9.77. The highest BCUT2D eigenvalue weighted by atomic mass is 15.3. The lowest BCUT2D eigenvalue weighted by molar-refractivity contribution is 0.188. The number of rotatable bonds is 3. The van der Waals surface area contributed by atoms with Crippen LogP contribution in [0.4, 0.5) is 5.69 Å². The second kappa shape index (κ2) is 4.45. The van der Waals surface area contributed by atoms with Gasteiger partial charge < -0.3 is 10.6 Å². The molecule has 1 aliphatic heterocycles. The van der Waals surface area contributed by atoms with Crippen molar-refractivity contribution in [3.8, 4) is 0 Å². The van der Waals surface area contributed by atoms with Gasteiger partial charge in [0.05, 0.1) is 11.9 Å². The zero-order valence-corrected chi connectivity index (χ0v) is 10.5. The van der Waals surface area contributed by atoms with Crippen LogP contribution in [0.3, 0.4) is 0 Å². The second-order valence-corrected chi connectivity index (χ2v) is 5.38. The van der Waals surface area contributed by atoms with Crippen LogP contribution in [0.15, 0.2) is 12.4 Å². The summed E-state index contributed by atoms with van der Waals surface area (Å²) in [4.78, 5) is 0. The third kappa shape index (κ3) is 2.55. The Balaban J connectivity index is 1.89. The van der Waals surface area contributed by atoms with Crippen molar-refractivity contribution in [3.05, 3.63) is 12.4 Å². The molecule has 4 heteroatoms. The Bertz CT molecular complexity index is 343. The van der Waals surface area contributed by atoms with Crippen molar-refractivity contribution in [3.63, 3.8) is 0 Å². The molecule has 1 saturated heterocycles. The summed E-state index contributed by atoms with van der Waals surface area (Å²) >= 11 is 0. The molecule has 1 aromatic heterocycles. The molecule has 0 bridgehead atoms. The van der Waals surface area contributed by atoms with E-state index in [-0.39, 0.29) is 0 Å². The third-order valence-electron chi connectivity index (χ3n) is 3.55. The van der Waals surface area contributed by atoms with Gasteiger partial charge in [0, 0.05) is 25.8 Å². The van der Waals surface area contributed by atoms with Crippen molar-refractivity contribution < 1.29 is 0 Å². The molecule has 0 spiro atoms. The van der Waals surface area contributed by atoms with Crippen molar-refractivity contribution in [2.45, 2.75) is 32.7 Å². The van der Waals surface area contributed by atoms with Gasteiger partial charge >= 0.3 is 0 Å². The molecule has 4 nitrogen and oxygen atoms in total. The SMILES string of the molecule is Cn1cc(NCC2NCCCC2(C)C)cn1. The number of piperidine rings is 1. The number of hydrogen-bond acceptors (Lipinski definition) is 3. The summed E-state index contributed by atoms with van der Waals surface area (Å²) in [7, 11) is 1.94. The van der Waals surface area contributed by atoms with Gasteiger partial charge in [-0.25, -0.2) is 0 Å². The summed E-state index contributed by atoms with van der Waals surface area (Å²) in [6.45, 7) is 6.80. The van der Waals surface area contributed by atoms with Crippen LogP contribution < -0.4 is 10.6 Å². The van der Waals surface area contributed by atoms with Crippen LogP contribution in [-0.2, 0) is 7.05 Å². The summed E-state index contributed by atoms with van der Waals surface area (Å²) in [6.07, 6.45) is 6.47. The highest BCUT2D eigenvalue weighted by molar-refractivity contribution is 5.38. The maximum Gasteiger partial charge on any atom is 0.0726 e. The first-order chi connectivity index (χ1) is 7.58. The van der Waals surface area contributed by atoms with Crippen LogP contribution in [-0.4, -0.2) is 28.9 Å². The van der Waals surface area contributed by atoms with Gasteiger partial charge in [0.2, 0.25) is 0 Å². The molecule has 1 atom stereocenters. The Morgan fingerprint density at radius 2 is 2.44 bits per heavy atom. The van der Waals surface area contributed by atoms with Crippen molar-refractivity contribution >= 4 is 5.69 Å². The zero-order chi connectivity index (χ0) is 11.6. The van der Waals surface area contributed by atoms with Crippen LogP contribution in [0, 0.1) is 5.41 Å². The lowest BCUT2D eigenvalue weighted by Gasteiger charge is -2.39. The van der Waals surface area contributed by atoms with Crippen LogP contribution in [0.25, 0.3) is 0 Å². The largest absolute Gasteiger partial charge is 0.381 e. The third-order valence-corrected chi connectivity index (χ3v) is 3.55. The number of aryl methyl sites for hydroxylation is 1. The Hall–Kier alpha value is -1.03. The molecular formula is C12H22N4. The van der Waals surface area contributed by atoms with Gasteiger partial charge in [0.15, 0.2) is 0 Å². The summed E-state index contributed by atoms with van der Waals surface area (Å²) in [5.74, 6) is 0. The molecule has 2 N–H and O–H groups in total. The quantitative estimate of drug-likeness (QED) is 0.816. The first-order valence-corrected chi connectivity index (χ1v) is 6.04. The molecule has 1 aliphatic rings. The van der Waals surface area contributed by atoms with E-state index in [1.54, 1.807) is 0 Å². The minimum Gasteiger partial charge on any atom is -0.381 e. The lowest BCUT2D eigenvalue weighted by Crippen LogP contribution is -2.50. The Kier molecular flexibility index (Phi) is 3.19. The van der Waals surface area contributed by atoms with E-state index in [1.165, 1.54) is 12.8 Å². The molecule has 1 fully saturated rings. The molecule has 2 heterocycles. The molecular weight excluding hydrogens is 200 g/mol. The van der Waals surface area contributed by atoms with E-state index < -0.39 is 0 Å². The smallest absolute Gasteiger partial charge is 0.0726 e. The minimum absolute atomic E-state index is 0.382. The van der Waals surface area contributed by atoms with E-state index in [0.717, 1.165) is 18.8 Å². The summed E-state index contributed by atoms with van der Waals surface area (Å²) < 4.78 is 1.82. The summed E-state index contributed by atoms with van der Waals surface area (Å²) in [5, 5.41) is 11.2. The van der Waals surface area contributed by atoms with Crippen LogP contribution in [0.1, 0.15) is 26.7 Å². The maximum atomic E-state index is 4.15. The highest BCUT2D eigenvalue weighted by Crippen LogP contribution is 2.30. The monoisotopic (exact) mass is 222 g/mol. The molecule has 1 unspecified atom stereocenters. The molecule has 16 heavy (non-hydrogen) atoms. The van der Waals surface area contributed by atoms with Gasteiger partial charge in [-0.15, -0.1) is 0 Å². The van der Waals surface area contributed by atoms with Gasteiger partial charge in [-0.3, -0.25) is 4.68 Å². The van der Waals surface area contributed by atoms with Crippen LogP contribution in [0.2, 0.25) is 0 Å². The number of nitrogens with zero attached hydrogens (tertiary/aromatic N) is 2. The second-order valence-electron chi connectivity index (χ2n) is 5.38. The van der Waals surface area contributed by atoms with Gasteiger partial charge in [-0.05, 0) is 24.8 Å². The average molecular weight is 222 g/mol. The van der Waals surface area contributed by atoms with Crippen molar-refractivity contribution in [1.82, 2.24) is 15.1 Å². The van der Waals surface area contributed by atoms with Gasteiger partial charge in [0.1, 0.15) is 0 Å². The van der Waals surface area contributed by atoms with Crippen molar-refractivity contribution in [2.75, 3.05) is 18.4 Å². The van der Waals surface area contributed by atoms with E-state index in [4.69, 9.17) is 0 Å². The van der Waals surface area contributed by atoms with Gasteiger partial charge in [-0.1, -0.05) is 13.8 Å². The fraction of sp³-hybridized carbons (Fsp3) is 0.750. The number of nitrogens with one attached hydrogen (secondary N) is 2. The zero-order valence-electron chi connectivity index (χ0n) is 10.5. The number of hydrogen-bond donors (Lipinski definition) is 2. The van der Waals surface area contributed by atoms with Crippen LogP contribution >= 0.6 is 0 Å². The topological polar surface area (TPSA) is 41.9 Å². The Morgan fingerprint density at radius 1 is 1.62 bits per heavy atom. The van der Waals surface area contributed by atoms with E-state index in [0.29, 0.717) is 11.5 Å². The maximum absolute atomic E-state index is 4.15. The van der Waals surface area contributed by atoms with E-state index in [2.05, 4.69) is 29.6 Å². The number of aromatic nitrogens is 2. The van der Waals surface area contributed by atoms with E-state index >= 15 is 0 Å². The van der Waals surface area contributed by atoms with E-state index in [9.17, 15) is 0 Å². The molecule has 0 aromatic carbocycles. The van der Waals surface area contributed by atoms with E-state index in [1.807, 2.05) is 24.1 Å². The predicted octanol–water partition coefficient (Wildman–Crippen LogP) is 1.61. The van der Waals surface area contributed by atoms with Crippen molar-refractivity contribution in [2.24, 2.45) is 12.5 Å². The Labute approximate surface area is 97.4 Å². The standard InChI is InChI=1S/C12H22N4/c1-12(2)5-4-6-13-11(12)8-14-10-7-15-16(3)9-10/h7,9,11,13-14H,4-6,8H2,1-3H3. The van der Waals surface area contributed by atoms with Gasteiger partial charge in [0.25, 0.3) is 0 Å². The summed E-state index contributed by atoms with van der Waals surface area (Å²) in [6, 6.07) is 0.543. The minimum atomic E-state index is 0.382. The Morgan fingerprint density at radius 3 is 3.06 bits per heavy atom. The fourth-order valence-corrected chi connectivity index (χ4v) is 2.35. The molecule has 0 saturated carbocycles. The molecule has 1 aromatic rings. The normalized spacial score (nSPS) is 24.3. The first kappa shape index (κ1) is 11.5. The van der Waals surface area contributed by atoms with Crippen LogP contribution in [0.5, 0.6) is 0 Å². The summed E-state index contributed by atoms with van der Waals surface area (Å²) in [5.41, 5.74) is 1.48. The average Bonchev–Trinajstić information content (AvgIpc) is 2.62. The highest BCUT2D eigenvalue weighted by Gasteiger charge is 2.31.